The molecule has 7 heteroatoms. The summed E-state index contributed by atoms with van der Waals surface area (Å²) in [7, 11) is 0. The number of halogens is 1. The summed E-state index contributed by atoms with van der Waals surface area (Å²) < 4.78 is 14.6. The highest BCUT2D eigenvalue weighted by atomic mass is 32.2. The zero-order chi connectivity index (χ0) is 12.1. The molecule has 0 aliphatic carbocycles. The highest BCUT2D eigenvalue weighted by molar-refractivity contribution is 7.98. The summed E-state index contributed by atoms with van der Waals surface area (Å²) in [5, 5.41) is 11.3. The van der Waals surface area contributed by atoms with Crippen LogP contribution in [0.3, 0.4) is 0 Å². The number of nitrogens with zero attached hydrogens (tertiary/aromatic N) is 4. The lowest BCUT2D eigenvalue weighted by molar-refractivity contribution is 0.582. The van der Waals surface area contributed by atoms with Crippen LogP contribution in [0.15, 0.2) is 29.2 Å². The summed E-state index contributed by atoms with van der Waals surface area (Å²) in [6.07, 6.45) is 0. The molecule has 1 heterocycles. The van der Waals surface area contributed by atoms with Gasteiger partial charge in [-0.25, -0.2) is 9.07 Å². The van der Waals surface area contributed by atoms with Crippen LogP contribution in [0.25, 0.3) is 0 Å². The largest absolute Gasteiger partial charge is 0.329 e. The first kappa shape index (κ1) is 12.0. The van der Waals surface area contributed by atoms with Crippen LogP contribution in [0.5, 0.6) is 0 Å². The Kier molecular flexibility index (Phi) is 4.05. The summed E-state index contributed by atoms with van der Waals surface area (Å²) in [4.78, 5) is 0.854. The minimum Gasteiger partial charge on any atom is -0.329 e. The van der Waals surface area contributed by atoms with Crippen molar-refractivity contribution in [3.63, 3.8) is 0 Å². The van der Waals surface area contributed by atoms with E-state index in [2.05, 4.69) is 15.5 Å². The molecule has 0 radical (unpaired) electrons. The van der Waals surface area contributed by atoms with Crippen LogP contribution in [0, 0.1) is 5.82 Å². The van der Waals surface area contributed by atoms with E-state index in [1.807, 2.05) is 6.07 Å². The summed E-state index contributed by atoms with van der Waals surface area (Å²) in [6.45, 7) is 1.08. The standard InChI is InChI=1S/C10H12FN5S/c11-8-2-1-3-9(6-8)17-7-10-13-14-15-16(10)5-4-12/h1-3,6H,4-5,7,12H2. The topological polar surface area (TPSA) is 69.6 Å². The normalized spacial score (nSPS) is 10.7. The fourth-order valence-electron chi connectivity index (χ4n) is 1.33. The summed E-state index contributed by atoms with van der Waals surface area (Å²) in [5.74, 6) is 1.09. The SMILES string of the molecule is NCCn1nnnc1CSc1cccc(F)c1. The summed E-state index contributed by atoms with van der Waals surface area (Å²) in [5.41, 5.74) is 5.44. The van der Waals surface area contributed by atoms with Gasteiger partial charge in [0.05, 0.1) is 12.3 Å². The Balaban J connectivity index is 1.99. The number of thioether (sulfide) groups is 1. The molecule has 0 bridgehead atoms. The highest BCUT2D eigenvalue weighted by Crippen LogP contribution is 2.21. The second-order valence-corrected chi connectivity index (χ2v) is 4.40. The van der Waals surface area contributed by atoms with Crippen molar-refractivity contribution in [1.82, 2.24) is 20.2 Å². The van der Waals surface area contributed by atoms with Gasteiger partial charge in [0.15, 0.2) is 5.82 Å². The molecule has 0 aliphatic rings. The molecule has 5 nitrogen and oxygen atoms in total. The van der Waals surface area contributed by atoms with Crippen molar-refractivity contribution in [2.45, 2.75) is 17.2 Å². The van der Waals surface area contributed by atoms with Gasteiger partial charge in [-0.3, -0.25) is 0 Å². The van der Waals surface area contributed by atoms with E-state index in [0.29, 0.717) is 18.8 Å². The monoisotopic (exact) mass is 253 g/mol. The molecule has 0 spiro atoms. The quantitative estimate of drug-likeness (QED) is 0.807. The summed E-state index contributed by atoms with van der Waals surface area (Å²) >= 11 is 1.49. The van der Waals surface area contributed by atoms with Gasteiger partial charge >= 0.3 is 0 Å². The molecule has 17 heavy (non-hydrogen) atoms. The van der Waals surface area contributed by atoms with E-state index < -0.39 is 0 Å². The molecule has 0 saturated carbocycles. The maximum Gasteiger partial charge on any atom is 0.161 e. The van der Waals surface area contributed by atoms with Crippen molar-refractivity contribution in [3.8, 4) is 0 Å². The van der Waals surface area contributed by atoms with Crippen molar-refractivity contribution in [1.29, 1.82) is 0 Å². The average molecular weight is 253 g/mol. The first-order chi connectivity index (χ1) is 8.29. The van der Waals surface area contributed by atoms with Crippen LogP contribution in [-0.4, -0.2) is 26.8 Å². The molecule has 2 rings (SSSR count). The van der Waals surface area contributed by atoms with Crippen molar-refractivity contribution in [2.24, 2.45) is 5.73 Å². The summed E-state index contributed by atoms with van der Waals surface area (Å²) in [6, 6.07) is 6.44. The lowest BCUT2D eigenvalue weighted by Gasteiger charge is -2.02. The van der Waals surface area contributed by atoms with Crippen LogP contribution in [0.4, 0.5) is 4.39 Å². The van der Waals surface area contributed by atoms with Crippen LogP contribution in [0.1, 0.15) is 5.82 Å². The first-order valence-corrected chi connectivity index (χ1v) is 6.11. The van der Waals surface area contributed by atoms with E-state index in [-0.39, 0.29) is 5.82 Å². The Morgan fingerprint density at radius 2 is 2.29 bits per heavy atom. The molecular weight excluding hydrogens is 241 g/mol. The van der Waals surface area contributed by atoms with Crippen molar-refractivity contribution < 1.29 is 4.39 Å². The van der Waals surface area contributed by atoms with Crippen LogP contribution in [-0.2, 0) is 12.3 Å². The maximum absolute atomic E-state index is 13.0. The van der Waals surface area contributed by atoms with Gasteiger partial charge in [0, 0.05) is 11.4 Å². The second-order valence-electron chi connectivity index (χ2n) is 3.35. The molecule has 0 fully saturated rings. The number of hydrogen-bond donors (Lipinski definition) is 1. The van der Waals surface area contributed by atoms with E-state index in [4.69, 9.17) is 5.73 Å². The van der Waals surface area contributed by atoms with Gasteiger partial charge in [-0.15, -0.1) is 16.9 Å². The molecule has 0 unspecified atom stereocenters. The molecule has 0 saturated heterocycles. The molecule has 1 aromatic carbocycles. The Hall–Kier alpha value is -1.47. The molecule has 1 aromatic heterocycles. The van der Waals surface area contributed by atoms with Gasteiger partial charge in [0.25, 0.3) is 0 Å². The van der Waals surface area contributed by atoms with E-state index in [1.165, 1.54) is 23.9 Å². The van der Waals surface area contributed by atoms with Crippen LogP contribution < -0.4 is 5.73 Å². The van der Waals surface area contributed by atoms with Gasteiger partial charge in [-0.1, -0.05) is 6.07 Å². The number of hydrogen-bond acceptors (Lipinski definition) is 5. The Morgan fingerprint density at radius 1 is 1.41 bits per heavy atom. The zero-order valence-corrected chi connectivity index (χ0v) is 9.90. The van der Waals surface area contributed by atoms with Crippen molar-refractivity contribution >= 4 is 11.8 Å². The fourth-order valence-corrected chi connectivity index (χ4v) is 2.20. The average Bonchev–Trinajstić information content (AvgIpc) is 2.75. The first-order valence-electron chi connectivity index (χ1n) is 5.13. The molecular formula is C10H12FN5S. The van der Waals surface area contributed by atoms with Crippen LogP contribution in [0.2, 0.25) is 0 Å². The third kappa shape index (κ3) is 3.24. The molecule has 2 aromatic rings. The number of nitrogens with two attached hydrogens (primary N) is 1. The molecule has 90 valence electrons. The number of aromatic nitrogens is 4. The van der Waals surface area contributed by atoms with E-state index >= 15 is 0 Å². The van der Waals surface area contributed by atoms with Crippen LogP contribution >= 0.6 is 11.8 Å². The highest BCUT2D eigenvalue weighted by Gasteiger charge is 2.06. The lowest BCUT2D eigenvalue weighted by atomic mass is 10.4. The lowest BCUT2D eigenvalue weighted by Crippen LogP contribution is -2.13. The van der Waals surface area contributed by atoms with Crippen molar-refractivity contribution in [2.75, 3.05) is 6.54 Å². The van der Waals surface area contributed by atoms with Gasteiger partial charge in [-0.2, -0.15) is 0 Å². The van der Waals surface area contributed by atoms with Crippen molar-refractivity contribution in [3.05, 3.63) is 35.9 Å². The minimum absolute atomic E-state index is 0.239. The molecule has 0 atom stereocenters. The Morgan fingerprint density at radius 3 is 3.06 bits per heavy atom. The smallest absolute Gasteiger partial charge is 0.161 e. The van der Waals surface area contributed by atoms with Gasteiger partial charge in [0.2, 0.25) is 0 Å². The number of rotatable bonds is 5. The Bertz CT molecular complexity index is 487. The zero-order valence-electron chi connectivity index (χ0n) is 9.08. The van der Waals surface area contributed by atoms with E-state index in [9.17, 15) is 4.39 Å². The predicted octanol–water partition coefficient (Wildman–Crippen LogP) is 1.06. The predicted molar refractivity (Wildman–Crippen MR) is 62.8 cm³/mol. The van der Waals surface area contributed by atoms with E-state index in [1.54, 1.807) is 10.7 Å². The molecule has 0 amide bonds. The molecule has 2 N–H and O–H groups in total. The third-order valence-corrected chi connectivity index (χ3v) is 3.10. The third-order valence-electron chi connectivity index (χ3n) is 2.11. The minimum atomic E-state index is -0.239. The maximum atomic E-state index is 13.0. The van der Waals surface area contributed by atoms with Gasteiger partial charge in [0.1, 0.15) is 5.82 Å². The number of tetrazole rings is 1. The second kappa shape index (κ2) is 5.74. The van der Waals surface area contributed by atoms with Gasteiger partial charge < -0.3 is 5.73 Å². The number of benzene rings is 1. The van der Waals surface area contributed by atoms with E-state index in [0.717, 1.165) is 10.7 Å². The molecule has 0 aliphatic heterocycles. The van der Waals surface area contributed by atoms with Gasteiger partial charge in [-0.05, 0) is 28.6 Å². The fraction of sp³-hybridized carbons (Fsp3) is 0.300. The Labute approximate surface area is 102 Å².